The Hall–Kier alpha value is -1.98. The van der Waals surface area contributed by atoms with Crippen LogP contribution in [0.1, 0.15) is 26.5 Å². The highest BCUT2D eigenvalue weighted by Crippen LogP contribution is 2.40. The maximum atomic E-state index is 11.7. The van der Waals surface area contributed by atoms with E-state index in [1.54, 1.807) is 31.5 Å². The molecule has 0 saturated carbocycles. The maximum absolute atomic E-state index is 11.7. The third-order valence-corrected chi connectivity index (χ3v) is 4.01. The van der Waals surface area contributed by atoms with Gasteiger partial charge in [0.25, 0.3) is 0 Å². The Morgan fingerprint density at radius 1 is 1.20 bits per heavy atom. The lowest BCUT2D eigenvalue weighted by Gasteiger charge is -2.19. The number of ether oxygens (including phenoxy) is 2. The lowest BCUT2D eigenvalue weighted by molar-refractivity contribution is 0.0523. The Bertz CT molecular complexity index is 756. The van der Waals surface area contributed by atoms with Gasteiger partial charge in [-0.05, 0) is 39.0 Å². The van der Waals surface area contributed by atoms with Crippen LogP contribution in [0, 0.1) is 0 Å². The fraction of sp³-hybridized carbons (Fsp3) is 0.333. The van der Waals surface area contributed by atoms with Crippen LogP contribution in [0.2, 0.25) is 10.0 Å². The lowest BCUT2D eigenvalue weighted by atomic mass is 10.1. The first kappa shape index (κ1) is 19.3. The van der Waals surface area contributed by atoms with Gasteiger partial charge in [0.05, 0.1) is 29.4 Å². The number of halogens is 2. The van der Waals surface area contributed by atoms with E-state index in [1.807, 2.05) is 26.8 Å². The third-order valence-electron chi connectivity index (χ3n) is 3.20. The number of pyridine rings is 1. The molecule has 1 aromatic carbocycles. The van der Waals surface area contributed by atoms with Crippen molar-refractivity contribution in [3.8, 4) is 16.9 Å². The number of carbonyl (C=O) groups is 1. The lowest BCUT2D eigenvalue weighted by Crippen LogP contribution is -2.32. The highest BCUT2D eigenvalue weighted by atomic mass is 35.5. The van der Waals surface area contributed by atoms with E-state index in [1.165, 1.54) is 0 Å². The molecule has 1 N–H and O–H groups in total. The minimum Gasteiger partial charge on any atom is -0.496 e. The maximum Gasteiger partial charge on any atom is 0.407 e. The minimum absolute atomic E-state index is 0.260. The van der Waals surface area contributed by atoms with Crippen LogP contribution in [-0.2, 0) is 11.3 Å². The number of aromatic nitrogens is 1. The topological polar surface area (TPSA) is 60.5 Å². The van der Waals surface area contributed by atoms with Gasteiger partial charge in [0, 0.05) is 17.3 Å². The van der Waals surface area contributed by atoms with Gasteiger partial charge in [-0.2, -0.15) is 0 Å². The number of amides is 1. The van der Waals surface area contributed by atoms with Crippen molar-refractivity contribution in [1.29, 1.82) is 0 Å². The zero-order valence-electron chi connectivity index (χ0n) is 14.5. The summed E-state index contributed by atoms with van der Waals surface area (Å²) < 4.78 is 10.5. The van der Waals surface area contributed by atoms with E-state index < -0.39 is 11.7 Å². The molecule has 25 heavy (non-hydrogen) atoms. The number of methoxy groups -OCH3 is 1. The van der Waals surface area contributed by atoms with Crippen molar-refractivity contribution in [1.82, 2.24) is 10.3 Å². The van der Waals surface area contributed by atoms with Gasteiger partial charge < -0.3 is 14.8 Å². The summed E-state index contributed by atoms with van der Waals surface area (Å²) in [5, 5.41) is 3.51. The van der Waals surface area contributed by atoms with E-state index in [4.69, 9.17) is 32.7 Å². The second-order valence-electron chi connectivity index (χ2n) is 6.33. The van der Waals surface area contributed by atoms with Crippen molar-refractivity contribution in [3.63, 3.8) is 0 Å². The van der Waals surface area contributed by atoms with Crippen molar-refractivity contribution in [2.45, 2.75) is 32.9 Å². The minimum atomic E-state index is -0.540. The summed E-state index contributed by atoms with van der Waals surface area (Å²) in [4.78, 5) is 16.0. The zero-order valence-corrected chi connectivity index (χ0v) is 16.0. The van der Waals surface area contributed by atoms with E-state index in [0.717, 1.165) is 5.56 Å². The number of carbonyl (C=O) groups excluding carboxylic acids is 1. The molecule has 0 saturated heterocycles. The van der Waals surface area contributed by atoms with Crippen LogP contribution in [0.4, 0.5) is 4.79 Å². The molecular formula is C18H20Cl2N2O3. The van der Waals surface area contributed by atoms with Crippen molar-refractivity contribution in [3.05, 3.63) is 46.2 Å². The predicted octanol–water partition coefficient (Wildman–Crippen LogP) is 5.09. The average molecular weight is 383 g/mol. The molecule has 0 atom stereocenters. The van der Waals surface area contributed by atoms with E-state index in [2.05, 4.69) is 10.3 Å². The van der Waals surface area contributed by atoms with Crippen LogP contribution in [0.3, 0.4) is 0 Å². The third kappa shape index (κ3) is 5.25. The molecule has 2 aromatic rings. The molecule has 0 unspecified atom stereocenters. The SMILES string of the molecule is COc1ccc(Cl)c(Cl)c1-c1ccc(CNC(=O)OC(C)(C)C)nc1. The Morgan fingerprint density at radius 3 is 2.48 bits per heavy atom. The standard InChI is InChI=1S/C18H20Cl2N2O3/c1-18(2,3)25-17(23)22-10-12-6-5-11(9-21-12)15-14(24-4)8-7-13(19)16(15)20/h5-9H,10H2,1-4H3,(H,22,23). The van der Waals surface area contributed by atoms with Crippen molar-refractivity contribution >= 4 is 29.3 Å². The van der Waals surface area contributed by atoms with E-state index in [0.29, 0.717) is 27.1 Å². The van der Waals surface area contributed by atoms with Crippen LogP contribution in [0.25, 0.3) is 11.1 Å². The molecule has 0 aliphatic rings. The molecule has 2 rings (SSSR count). The first-order valence-corrected chi connectivity index (χ1v) is 8.41. The summed E-state index contributed by atoms with van der Waals surface area (Å²) in [6.45, 7) is 5.68. The van der Waals surface area contributed by atoms with Crippen LogP contribution < -0.4 is 10.1 Å². The van der Waals surface area contributed by atoms with Crippen LogP contribution in [0.15, 0.2) is 30.5 Å². The van der Waals surface area contributed by atoms with Gasteiger partial charge in [0.15, 0.2) is 0 Å². The summed E-state index contributed by atoms with van der Waals surface area (Å²) in [5.74, 6) is 0.607. The molecule has 0 radical (unpaired) electrons. The quantitative estimate of drug-likeness (QED) is 0.799. The van der Waals surface area contributed by atoms with Gasteiger partial charge >= 0.3 is 6.09 Å². The van der Waals surface area contributed by atoms with Gasteiger partial charge in [0.2, 0.25) is 0 Å². The second kappa shape index (κ2) is 7.93. The highest BCUT2D eigenvalue weighted by Gasteiger charge is 2.16. The van der Waals surface area contributed by atoms with E-state index in [-0.39, 0.29) is 6.54 Å². The molecule has 5 nitrogen and oxygen atoms in total. The summed E-state index contributed by atoms with van der Waals surface area (Å²) in [6.07, 6.45) is 1.17. The van der Waals surface area contributed by atoms with Gasteiger partial charge in [-0.3, -0.25) is 4.98 Å². The van der Waals surface area contributed by atoms with Crippen LogP contribution in [0.5, 0.6) is 5.75 Å². The van der Waals surface area contributed by atoms with Crippen LogP contribution in [-0.4, -0.2) is 23.8 Å². The number of nitrogens with zero attached hydrogens (tertiary/aromatic N) is 1. The average Bonchev–Trinajstić information content (AvgIpc) is 2.54. The molecular weight excluding hydrogens is 363 g/mol. The summed E-state index contributed by atoms with van der Waals surface area (Å²) in [5.41, 5.74) is 1.59. The number of alkyl carbamates (subject to hydrolysis) is 1. The molecule has 0 aliphatic heterocycles. The Balaban J connectivity index is 2.13. The van der Waals surface area contributed by atoms with Gasteiger partial charge in [-0.1, -0.05) is 29.3 Å². The Kier molecular flexibility index (Phi) is 6.14. The first-order valence-electron chi connectivity index (χ1n) is 7.65. The normalized spacial score (nSPS) is 11.1. The smallest absolute Gasteiger partial charge is 0.407 e. The predicted molar refractivity (Wildman–Crippen MR) is 99.3 cm³/mol. The monoisotopic (exact) mass is 382 g/mol. The molecule has 0 spiro atoms. The zero-order chi connectivity index (χ0) is 18.6. The second-order valence-corrected chi connectivity index (χ2v) is 7.12. The fourth-order valence-electron chi connectivity index (χ4n) is 2.13. The summed E-state index contributed by atoms with van der Waals surface area (Å²) in [6, 6.07) is 7.07. The van der Waals surface area contributed by atoms with Crippen molar-refractivity contribution < 1.29 is 14.3 Å². The number of benzene rings is 1. The van der Waals surface area contributed by atoms with Gasteiger partial charge in [-0.15, -0.1) is 0 Å². The number of rotatable bonds is 4. The number of hydrogen-bond donors (Lipinski definition) is 1. The first-order chi connectivity index (χ1) is 11.7. The highest BCUT2D eigenvalue weighted by molar-refractivity contribution is 6.44. The van der Waals surface area contributed by atoms with Crippen molar-refractivity contribution in [2.75, 3.05) is 7.11 Å². The molecule has 134 valence electrons. The fourth-order valence-corrected chi connectivity index (χ4v) is 2.55. The molecule has 0 aliphatic carbocycles. The molecule has 0 fully saturated rings. The van der Waals surface area contributed by atoms with Crippen molar-refractivity contribution in [2.24, 2.45) is 0 Å². The molecule has 1 heterocycles. The molecule has 1 amide bonds. The summed E-state index contributed by atoms with van der Waals surface area (Å²) in [7, 11) is 1.57. The molecule has 7 heteroatoms. The molecule has 0 bridgehead atoms. The Labute approximate surface area is 157 Å². The van der Waals surface area contributed by atoms with E-state index in [9.17, 15) is 4.79 Å². The number of hydrogen-bond acceptors (Lipinski definition) is 4. The summed E-state index contributed by atoms with van der Waals surface area (Å²) >= 11 is 12.4. The van der Waals surface area contributed by atoms with E-state index >= 15 is 0 Å². The van der Waals surface area contributed by atoms with Gasteiger partial charge in [0.1, 0.15) is 11.4 Å². The number of nitrogens with one attached hydrogen (secondary N) is 1. The largest absolute Gasteiger partial charge is 0.496 e. The molecule has 1 aromatic heterocycles. The van der Waals surface area contributed by atoms with Crippen LogP contribution >= 0.6 is 23.2 Å². The van der Waals surface area contributed by atoms with Gasteiger partial charge in [-0.25, -0.2) is 4.79 Å². The Morgan fingerprint density at radius 2 is 1.92 bits per heavy atom.